The highest BCUT2D eigenvalue weighted by Crippen LogP contribution is 2.15. The third kappa shape index (κ3) is 3.13. The van der Waals surface area contributed by atoms with Crippen LogP contribution >= 0.6 is 0 Å². The number of benzene rings is 1. The molecule has 0 aromatic heterocycles. The van der Waals surface area contributed by atoms with Gasteiger partial charge in [-0.15, -0.1) is 0 Å². The first-order valence-corrected chi connectivity index (χ1v) is 4.03. The van der Waals surface area contributed by atoms with Gasteiger partial charge in [-0.25, -0.2) is 4.79 Å². The molecular weight excluding hydrogens is 180 g/mol. The molecule has 0 aliphatic heterocycles. The molecule has 0 fully saturated rings. The third-order valence-corrected chi connectivity index (χ3v) is 1.45. The van der Waals surface area contributed by atoms with E-state index in [0.717, 1.165) is 5.75 Å². The fraction of sp³-hybridized carbons (Fsp3) is 0.100. The fourth-order valence-corrected chi connectivity index (χ4v) is 0.868. The SMILES string of the molecule is C=CCOc1ccc(NN=C=O)cc1. The van der Waals surface area contributed by atoms with Gasteiger partial charge in [-0.3, -0.25) is 5.43 Å². The lowest BCUT2D eigenvalue weighted by Crippen LogP contribution is -1.93. The molecule has 1 aromatic rings. The summed E-state index contributed by atoms with van der Waals surface area (Å²) in [6, 6.07) is 7.04. The average molecular weight is 190 g/mol. The zero-order valence-corrected chi connectivity index (χ0v) is 7.56. The maximum atomic E-state index is 9.80. The minimum Gasteiger partial charge on any atom is -0.490 e. The number of hydrazone groups is 1. The van der Waals surface area contributed by atoms with Gasteiger partial charge in [0.15, 0.2) is 0 Å². The number of nitrogens with zero attached hydrogens (tertiary/aromatic N) is 1. The Hall–Kier alpha value is -2.06. The van der Waals surface area contributed by atoms with Gasteiger partial charge < -0.3 is 4.74 Å². The van der Waals surface area contributed by atoms with Crippen LogP contribution in [0.5, 0.6) is 5.75 Å². The number of rotatable bonds is 5. The van der Waals surface area contributed by atoms with Crippen LogP contribution in [-0.4, -0.2) is 12.7 Å². The largest absolute Gasteiger partial charge is 0.490 e. The van der Waals surface area contributed by atoms with Gasteiger partial charge in [0.05, 0.1) is 5.69 Å². The normalized spacial score (nSPS) is 8.57. The van der Waals surface area contributed by atoms with Crippen LogP contribution in [0.25, 0.3) is 0 Å². The van der Waals surface area contributed by atoms with E-state index in [1.807, 2.05) is 0 Å². The minimum absolute atomic E-state index is 0.471. The van der Waals surface area contributed by atoms with Gasteiger partial charge in [0.1, 0.15) is 12.4 Å². The van der Waals surface area contributed by atoms with E-state index in [4.69, 9.17) is 4.74 Å². The summed E-state index contributed by atoms with van der Waals surface area (Å²) in [6.45, 7) is 4.01. The Labute approximate surface area is 81.9 Å². The van der Waals surface area contributed by atoms with E-state index in [9.17, 15) is 4.79 Å². The molecule has 4 nitrogen and oxygen atoms in total. The lowest BCUT2D eigenvalue weighted by atomic mass is 10.3. The number of anilines is 1. The Morgan fingerprint density at radius 3 is 2.79 bits per heavy atom. The van der Waals surface area contributed by atoms with Crippen LogP contribution in [0.4, 0.5) is 5.69 Å². The Morgan fingerprint density at radius 2 is 2.21 bits per heavy atom. The molecule has 0 saturated heterocycles. The highest BCUT2D eigenvalue weighted by molar-refractivity contribution is 5.48. The molecule has 1 aromatic carbocycles. The Bertz CT molecular complexity index is 340. The van der Waals surface area contributed by atoms with E-state index in [-0.39, 0.29) is 0 Å². The molecule has 0 unspecified atom stereocenters. The monoisotopic (exact) mass is 190 g/mol. The predicted molar refractivity (Wildman–Crippen MR) is 53.9 cm³/mol. The van der Waals surface area contributed by atoms with Gasteiger partial charge in [0, 0.05) is 0 Å². The third-order valence-electron chi connectivity index (χ3n) is 1.45. The van der Waals surface area contributed by atoms with E-state index >= 15 is 0 Å². The number of hydrogen-bond acceptors (Lipinski definition) is 4. The maximum Gasteiger partial charge on any atom is 0.258 e. The van der Waals surface area contributed by atoms with Crippen LogP contribution in [-0.2, 0) is 4.79 Å². The highest BCUT2D eigenvalue weighted by atomic mass is 16.5. The molecule has 0 saturated carbocycles. The van der Waals surface area contributed by atoms with Gasteiger partial charge in [-0.2, -0.15) is 0 Å². The Morgan fingerprint density at radius 1 is 1.50 bits per heavy atom. The second-order valence-corrected chi connectivity index (χ2v) is 2.44. The zero-order valence-electron chi connectivity index (χ0n) is 7.56. The van der Waals surface area contributed by atoms with Gasteiger partial charge in [0.25, 0.3) is 6.08 Å². The van der Waals surface area contributed by atoms with Gasteiger partial charge >= 0.3 is 0 Å². The summed E-state index contributed by atoms with van der Waals surface area (Å²) in [6.07, 6.45) is 3.05. The van der Waals surface area contributed by atoms with Crippen molar-refractivity contribution in [1.82, 2.24) is 0 Å². The highest BCUT2D eigenvalue weighted by Gasteiger charge is 1.92. The fourth-order valence-electron chi connectivity index (χ4n) is 0.868. The van der Waals surface area contributed by atoms with Crippen molar-refractivity contribution in [2.45, 2.75) is 0 Å². The molecule has 0 atom stereocenters. The topological polar surface area (TPSA) is 50.7 Å². The van der Waals surface area contributed by atoms with Crippen molar-refractivity contribution in [3.8, 4) is 5.75 Å². The molecule has 0 bridgehead atoms. The van der Waals surface area contributed by atoms with Crippen LogP contribution < -0.4 is 10.2 Å². The van der Waals surface area contributed by atoms with E-state index < -0.39 is 0 Å². The van der Waals surface area contributed by atoms with E-state index in [0.29, 0.717) is 12.3 Å². The molecule has 0 spiro atoms. The second-order valence-electron chi connectivity index (χ2n) is 2.44. The van der Waals surface area contributed by atoms with Crippen molar-refractivity contribution in [1.29, 1.82) is 0 Å². The maximum absolute atomic E-state index is 9.80. The van der Waals surface area contributed by atoms with E-state index in [1.165, 1.54) is 6.08 Å². The number of hydrogen-bond donors (Lipinski definition) is 1. The van der Waals surface area contributed by atoms with Crippen molar-refractivity contribution in [2.75, 3.05) is 12.0 Å². The molecule has 0 aliphatic carbocycles. The summed E-state index contributed by atoms with van der Waals surface area (Å²) in [4.78, 5) is 9.80. The molecule has 0 amide bonds. The first kappa shape index (κ1) is 10.0. The van der Waals surface area contributed by atoms with Crippen LogP contribution in [0.15, 0.2) is 42.0 Å². The summed E-state index contributed by atoms with van der Waals surface area (Å²) in [5, 5.41) is 3.22. The van der Waals surface area contributed by atoms with Crippen molar-refractivity contribution in [2.24, 2.45) is 5.10 Å². The smallest absolute Gasteiger partial charge is 0.258 e. The Kier molecular flexibility index (Phi) is 3.98. The first-order chi connectivity index (χ1) is 6.86. The second kappa shape index (κ2) is 5.56. The van der Waals surface area contributed by atoms with E-state index in [2.05, 4.69) is 17.1 Å². The molecule has 0 heterocycles. The quantitative estimate of drug-likeness (QED) is 0.334. The number of carbonyl (C=O) groups excluding carboxylic acids is 1. The summed E-state index contributed by atoms with van der Waals surface area (Å²) in [5.74, 6) is 0.741. The molecule has 1 rings (SSSR count). The van der Waals surface area contributed by atoms with E-state index in [1.54, 1.807) is 30.3 Å². The van der Waals surface area contributed by atoms with Gasteiger partial charge in [0.2, 0.25) is 0 Å². The van der Waals surface area contributed by atoms with Crippen LogP contribution in [0.1, 0.15) is 0 Å². The molecule has 14 heavy (non-hydrogen) atoms. The van der Waals surface area contributed by atoms with Gasteiger partial charge in [-0.05, 0) is 24.3 Å². The lowest BCUT2D eigenvalue weighted by Gasteiger charge is -2.03. The summed E-state index contributed by atoms with van der Waals surface area (Å²) in [7, 11) is 0. The predicted octanol–water partition coefficient (Wildman–Crippen LogP) is 1.91. The number of nitrogens with one attached hydrogen (secondary N) is 1. The average Bonchev–Trinajstić information content (AvgIpc) is 2.25. The van der Waals surface area contributed by atoms with Crippen molar-refractivity contribution < 1.29 is 9.53 Å². The lowest BCUT2D eigenvalue weighted by molar-refractivity contribution is 0.363. The molecule has 4 heteroatoms. The van der Waals surface area contributed by atoms with Crippen molar-refractivity contribution >= 4 is 11.8 Å². The minimum atomic E-state index is 0.471. The molecule has 0 aliphatic rings. The van der Waals surface area contributed by atoms with Crippen LogP contribution in [0, 0.1) is 0 Å². The number of isocyanates is 1. The van der Waals surface area contributed by atoms with Crippen molar-refractivity contribution in [3.05, 3.63) is 36.9 Å². The zero-order chi connectivity index (χ0) is 10.2. The summed E-state index contributed by atoms with van der Waals surface area (Å²) < 4.78 is 5.26. The number of ether oxygens (including phenoxy) is 1. The standard InChI is InChI=1S/C10H10N2O2/c1-2-7-14-10-5-3-9(4-6-10)12-11-8-13/h2-6,12H,1,7H2. The molecular formula is C10H10N2O2. The van der Waals surface area contributed by atoms with Gasteiger partial charge in [-0.1, -0.05) is 17.8 Å². The van der Waals surface area contributed by atoms with Crippen molar-refractivity contribution in [3.63, 3.8) is 0 Å². The summed E-state index contributed by atoms with van der Waals surface area (Å²) >= 11 is 0. The molecule has 1 N–H and O–H groups in total. The Balaban J connectivity index is 2.58. The molecule has 0 radical (unpaired) electrons. The molecule has 72 valence electrons. The van der Waals surface area contributed by atoms with Crippen LogP contribution in [0.3, 0.4) is 0 Å². The summed E-state index contributed by atoms with van der Waals surface area (Å²) in [5.41, 5.74) is 3.21. The first-order valence-electron chi connectivity index (χ1n) is 4.03. The van der Waals surface area contributed by atoms with Crippen LogP contribution in [0.2, 0.25) is 0 Å².